The van der Waals surface area contributed by atoms with Crippen LogP contribution in [0.15, 0.2) is 30.3 Å². The van der Waals surface area contributed by atoms with Gasteiger partial charge in [0.05, 0.1) is 12.1 Å². The van der Waals surface area contributed by atoms with Gasteiger partial charge in [0.2, 0.25) is 0 Å². The summed E-state index contributed by atoms with van der Waals surface area (Å²) in [6, 6.07) is 9.05. The second-order valence-corrected chi connectivity index (χ2v) is 5.65. The molecule has 0 fully saturated rings. The van der Waals surface area contributed by atoms with Crippen molar-refractivity contribution >= 4 is 28.3 Å². The average Bonchev–Trinajstić information content (AvgIpc) is 2.84. The summed E-state index contributed by atoms with van der Waals surface area (Å²) in [7, 11) is 0. The number of aliphatic carboxylic acids is 1. The number of anilines is 1. The van der Waals surface area contributed by atoms with Gasteiger partial charge < -0.3 is 9.84 Å². The Morgan fingerprint density at radius 2 is 2.05 bits per heavy atom. The van der Waals surface area contributed by atoms with Crippen LogP contribution >= 0.6 is 11.3 Å². The van der Waals surface area contributed by atoms with Gasteiger partial charge in [0.25, 0.3) is 5.91 Å². The Hall–Kier alpha value is -2.41. The minimum atomic E-state index is -0.852. The Bertz CT molecular complexity index is 655. The lowest BCUT2D eigenvalue weighted by atomic mass is 10.2. The number of carbonyl (C=O) groups excluding carboxylic acids is 1. The highest BCUT2D eigenvalue weighted by Gasteiger charge is 2.12. The molecule has 0 atom stereocenters. The molecule has 116 valence electrons. The third-order valence-corrected chi connectivity index (χ3v) is 3.95. The monoisotopic (exact) mass is 320 g/mol. The van der Waals surface area contributed by atoms with Crippen LogP contribution in [0.2, 0.25) is 0 Å². The molecule has 0 saturated carbocycles. The van der Waals surface area contributed by atoms with Crippen molar-refractivity contribution in [1.29, 1.82) is 0 Å². The van der Waals surface area contributed by atoms with Crippen LogP contribution in [0.4, 0.5) is 5.13 Å². The minimum absolute atomic E-state index is 0.0491. The van der Waals surface area contributed by atoms with E-state index in [1.165, 1.54) is 11.3 Å². The number of para-hydroxylation sites is 1. The summed E-state index contributed by atoms with van der Waals surface area (Å²) < 4.78 is 5.34. The molecule has 0 aliphatic carbocycles. The molecule has 7 heteroatoms. The number of hydrogen-bond donors (Lipinski definition) is 2. The Balaban J connectivity index is 1.86. The zero-order valence-electron chi connectivity index (χ0n) is 12.0. The summed E-state index contributed by atoms with van der Waals surface area (Å²) in [6.07, 6.45) is 0.461. The van der Waals surface area contributed by atoms with Gasteiger partial charge in [-0.15, -0.1) is 11.3 Å². The number of nitrogens with one attached hydrogen (secondary N) is 1. The lowest BCUT2D eigenvalue weighted by molar-refractivity contribution is -0.136. The number of rotatable bonds is 7. The fourth-order valence-corrected chi connectivity index (χ4v) is 2.73. The van der Waals surface area contributed by atoms with Gasteiger partial charge in [-0.1, -0.05) is 18.2 Å². The van der Waals surface area contributed by atoms with Crippen LogP contribution in [-0.4, -0.2) is 28.6 Å². The van der Waals surface area contributed by atoms with Gasteiger partial charge in [0, 0.05) is 4.88 Å². The number of amides is 1. The Kier molecular flexibility index (Phi) is 5.48. The molecule has 0 unspecified atom stereocenters. The van der Waals surface area contributed by atoms with Gasteiger partial charge in [-0.3, -0.25) is 14.9 Å². The Labute approximate surface area is 131 Å². The van der Waals surface area contributed by atoms with E-state index in [2.05, 4.69) is 10.3 Å². The number of benzene rings is 1. The van der Waals surface area contributed by atoms with Crippen molar-refractivity contribution in [2.75, 3.05) is 11.9 Å². The SMILES string of the molecule is Cc1nc(NC(=O)COc2ccccc2)sc1CCC(=O)O. The van der Waals surface area contributed by atoms with Crippen molar-refractivity contribution in [3.05, 3.63) is 40.9 Å². The molecule has 22 heavy (non-hydrogen) atoms. The molecule has 2 rings (SSSR count). The van der Waals surface area contributed by atoms with E-state index < -0.39 is 5.97 Å². The first kappa shape index (κ1) is 16.0. The fraction of sp³-hybridized carbons (Fsp3) is 0.267. The average molecular weight is 320 g/mol. The predicted molar refractivity (Wildman–Crippen MR) is 83.4 cm³/mol. The molecule has 1 amide bonds. The number of ether oxygens (including phenoxy) is 1. The van der Waals surface area contributed by atoms with Gasteiger partial charge in [0.1, 0.15) is 5.75 Å². The number of aromatic nitrogens is 1. The molecule has 0 bridgehead atoms. The zero-order chi connectivity index (χ0) is 15.9. The first-order chi connectivity index (χ1) is 10.5. The largest absolute Gasteiger partial charge is 0.484 e. The Morgan fingerprint density at radius 1 is 1.32 bits per heavy atom. The molecule has 2 N–H and O–H groups in total. The smallest absolute Gasteiger partial charge is 0.303 e. The molecule has 0 saturated heterocycles. The highest BCUT2D eigenvalue weighted by Crippen LogP contribution is 2.23. The summed E-state index contributed by atoms with van der Waals surface area (Å²) in [5, 5.41) is 11.8. The standard InChI is InChI=1S/C15H16N2O4S/c1-10-12(7-8-14(19)20)22-15(16-10)17-13(18)9-21-11-5-3-2-4-6-11/h2-6H,7-9H2,1H3,(H,19,20)(H,16,17,18). The maximum absolute atomic E-state index is 11.8. The molecule has 6 nitrogen and oxygen atoms in total. The highest BCUT2D eigenvalue weighted by molar-refractivity contribution is 7.15. The molecule has 0 aliphatic rings. The van der Waals surface area contributed by atoms with E-state index >= 15 is 0 Å². The van der Waals surface area contributed by atoms with Crippen molar-refractivity contribution in [3.8, 4) is 5.75 Å². The first-order valence-corrected chi connectivity index (χ1v) is 7.52. The fourth-order valence-electron chi connectivity index (χ4n) is 1.75. The van der Waals surface area contributed by atoms with E-state index in [4.69, 9.17) is 9.84 Å². The number of thiazole rings is 1. The van der Waals surface area contributed by atoms with Crippen LogP contribution < -0.4 is 10.1 Å². The van der Waals surface area contributed by atoms with Crippen molar-refractivity contribution in [2.45, 2.75) is 19.8 Å². The number of nitrogens with zero attached hydrogens (tertiary/aromatic N) is 1. The van der Waals surface area contributed by atoms with Crippen LogP contribution in [0, 0.1) is 6.92 Å². The summed E-state index contributed by atoms with van der Waals surface area (Å²) in [6.45, 7) is 1.69. The number of hydrogen-bond acceptors (Lipinski definition) is 5. The second kappa shape index (κ2) is 7.56. The molecular weight excluding hydrogens is 304 g/mol. The zero-order valence-corrected chi connectivity index (χ0v) is 12.9. The van der Waals surface area contributed by atoms with Crippen LogP contribution in [0.5, 0.6) is 5.75 Å². The van der Waals surface area contributed by atoms with Gasteiger partial charge in [0.15, 0.2) is 11.7 Å². The molecule has 2 aromatic rings. The van der Waals surface area contributed by atoms with E-state index in [1.807, 2.05) is 18.2 Å². The van der Waals surface area contributed by atoms with Gasteiger partial charge >= 0.3 is 5.97 Å². The maximum Gasteiger partial charge on any atom is 0.303 e. The number of aryl methyl sites for hydroxylation is 2. The van der Waals surface area contributed by atoms with Crippen LogP contribution in [0.3, 0.4) is 0 Å². The van der Waals surface area contributed by atoms with Gasteiger partial charge in [-0.25, -0.2) is 4.98 Å². The molecule has 1 aromatic heterocycles. The molecule has 1 aromatic carbocycles. The summed E-state index contributed by atoms with van der Waals surface area (Å²) in [5.74, 6) is -0.535. The lowest BCUT2D eigenvalue weighted by Gasteiger charge is -2.05. The van der Waals surface area contributed by atoms with Crippen molar-refractivity contribution < 1.29 is 19.4 Å². The van der Waals surface area contributed by atoms with Crippen molar-refractivity contribution in [3.63, 3.8) is 0 Å². The minimum Gasteiger partial charge on any atom is -0.484 e. The number of carboxylic acids is 1. The van der Waals surface area contributed by atoms with Crippen LogP contribution in [0.1, 0.15) is 17.0 Å². The number of carboxylic acid groups (broad SMARTS) is 1. The third kappa shape index (κ3) is 4.85. The summed E-state index contributed by atoms with van der Waals surface area (Å²) in [5.41, 5.74) is 0.741. The maximum atomic E-state index is 11.8. The van der Waals surface area contributed by atoms with Gasteiger partial charge in [-0.05, 0) is 25.5 Å². The van der Waals surface area contributed by atoms with Gasteiger partial charge in [-0.2, -0.15) is 0 Å². The summed E-state index contributed by atoms with van der Waals surface area (Å²) >= 11 is 1.29. The van der Waals surface area contributed by atoms with Crippen LogP contribution in [0.25, 0.3) is 0 Å². The van der Waals surface area contributed by atoms with Crippen LogP contribution in [-0.2, 0) is 16.0 Å². The molecular formula is C15H16N2O4S. The number of carbonyl (C=O) groups is 2. The van der Waals surface area contributed by atoms with Crippen molar-refractivity contribution in [2.24, 2.45) is 0 Å². The second-order valence-electron chi connectivity index (χ2n) is 4.57. The highest BCUT2D eigenvalue weighted by atomic mass is 32.1. The quantitative estimate of drug-likeness (QED) is 0.818. The topological polar surface area (TPSA) is 88.5 Å². The lowest BCUT2D eigenvalue weighted by Crippen LogP contribution is -2.20. The molecule has 1 heterocycles. The van der Waals surface area contributed by atoms with E-state index in [1.54, 1.807) is 19.1 Å². The molecule has 0 spiro atoms. The van der Waals surface area contributed by atoms with E-state index in [9.17, 15) is 9.59 Å². The third-order valence-electron chi connectivity index (χ3n) is 2.82. The summed E-state index contributed by atoms with van der Waals surface area (Å²) in [4.78, 5) is 27.5. The van der Waals surface area contributed by atoms with E-state index in [-0.39, 0.29) is 18.9 Å². The van der Waals surface area contributed by atoms with E-state index in [0.29, 0.717) is 17.3 Å². The first-order valence-electron chi connectivity index (χ1n) is 6.70. The normalized spacial score (nSPS) is 10.2. The molecule has 0 radical (unpaired) electrons. The van der Waals surface area contributed by atoms with E-state index in [0.717, 1.165) is 10.6 Å². The Morgan fingerprint density at radius 3 is 2.73 bits per heavy atom. The molecule has 0 aliphatic heterocycles. The predicted octanol–water partition coefficient (Wildman–Crippen LogP) is 2.49. The van der Waals surface area contributed by atoms with Crippen molar-refractivity contribution in [1.82, 2.24) is 4.98 Å².